The lowest BCUT2D eigenvalue weighted by atomic mass is 10.1. The number of hydrogen-bond acceptors (Lipinski definition) is 2. The molecule has 0 atom stereocenters. The fraction of sp³-hybridized carbons (Fsp3) is 0.278. The predicted molar refractivity (Wildman–Crippen MR) is 94.7 cm³/mol. The minimum Gasteiger partial charge on any atom is -0.356 e. The van der Waals surface area contributed by atoms with Crippen molar-refractivity contribution in [2.24, 2.45) is 0 Å². The molecule has 0 saturated carbocycles. The van der Waals surface area contributed by atoms with E-state index in [-0.39, 0.29) is 5.91 Å². The van der Waals surface area contributed by atoms with Crippen LogP contribution < -0.4 is 5.32 Å². The van der Waals surface area contributed by atoms with Gasteiger partial charge in [0, 0.05) is 28.6 Å². The number of carbonyl (C=O) groups is 1. The molecule has 0 radical (unpaired) electrons. The number of hydrogen-bond donors (Lipinski definition) is 1. The molecule has 0 aromatic heterocycles. The summed E-state index contributed by atoms with van der Waals surface area (Å²) in [6.45, 7) is 2.72. The van der Waals surface area contributed by atoms with E-state index < -0.39 is 0 Å². The Morgan fingerprint density at radius 1 is 1.18 bits per heavy atom. The summed E-state index contributed by atoms with van der Waals surface area (Å²) in [7, 11) is 0. The van der Waals surface area contributed by atoms with Crippen LogP contribution in [0.4, 0.5) is 0 Å². The molecule has 1 N–H and O–H groups in total. The van der Waals surface area contributed by atoms with Gasteiger partial charge in [0.25, 0.3) is 0 Å². The van der Waals surface area contributed by atoms with Crippen LogP contribution in [0.25, 0.3) is 0 Å². The van der Waals surface area contributed by atoms with Gasteiger partial charge in [-0.25, -0.2) is 0 Å². The lowest BCUT2D eigenvalue weighted by Crippen LogP contribution is -2.25. The van der Waals surface area contributed by atoms with E-state index in [1.165, 1.54) is 10.5 Å². The van der Waals surface area contributed by atoms with Crippen LogP contribution in [0.15, 0.2) is 53.4 Å². The normalized spacial score (nSPS) is 10.5. The van der Waals surface area contributed by atoms with Gasteiger partial charge in [-0.15, -0.1) is 11.8 Å². The van der Waals surface area contributed by atoms with E-state index >= 15 is 0 Å². The molecule has 2 nitrogen and oxygen atoms in total. The smallest absolute Gasteiger partial charge is 0.220 e. The highest BCUT2D eigenvalue weighted by atomic mass is 35.5. The van der Waals surface area contributed by atoms with Gasteiger partial charge in [0.05, 0.1) is 0 Å². The molecule has 0 aliphatic rings. The summed E-state index contributed by atoms with van der Waals surface area (Å²) in [4.78, 5) is 13.0. The molecule has 0 fully saturated rings. The molecule has 2 aromatic carbocycles. The predicted octanol–water partition coefficient (Wildman–Crippen LogP) is 4.49. The zero-order valence-corrected chi connectivity index (χ0v) is 14.2. The van der Waals surface area contributed by atoms with Gasteiger partial charge in [-0.05, 0) is 43.2 Å². The molecule has 0 saturated heterocycles. The maximum Gasteiger partial charge on any atom is 0.220 e. The van der Waals surface area contributed by atoms with Crippen molar-refractivity contribution < 1.29 is 4.79 Å². The van der Waals surface area contributed by atoms with Crippen molar-refractivity contribution in [2.45, 2.75) is 24.7 Å². The van der Waals surface area contributed by atoms with Crippen LogP contribution in [0.2, 0.25) is 5.02 Å². The Hall–Kier alpha value is -1.45. The lowest BCUT2D eigenvalue weighted by molar-refractivity contribution is -0.120. The molecule has 0 heterocycles. The highest BCUT2D eigenvalue weighted by Crippen LogP contribution is 2.18. The van der Waals surface area contributed by atoms with Crippen molar-refractivity contribution in [1.82, 2.24) is 5.32 Å². The summed E-state index contributed by atoms with van der Waals surface area (Å²) in [6.07, 6.45) is 1.34. The first-order valence-electron chi connectivity index (χ1n) is 7.34. The molecular formula is C18H20ClNOS. The Labute approximate surface area is 141 Å². The van der Waals surface area contributed by atoms with Crippen molar-refractivity contribution in [3.05, 3.63) is 64.7 Å². The van der Waals surface area contributed by atoms with E-state index in [9.17, 15) is 4.79 Å². The van der Waals surface area contributed by atoms with Crippen LogP contribution in [-0.2, 0) is 11.2 Å². The van der Waals surface area contributed by atoms with Crippen molar-refractivity contribution >= 4 is 29.3 Å². The van der Waals surface area contributed by atoms with E-state index in [0.717, 1.165) is 22.8 Å². The number of thioether (sulfide) groups is 1. The SMILES string of the molecule is Cc1ccc(SCCC(=O)NCCc2cccc(Cl)c2)cc1. The molecule has 4 heteroatoms. The average molecular weight is 334 g/mol. The summed E-state index contributed by atoms with van der Waals surface area (Å²) < 4.78 is 0. The molecule has 0 spiro atoms. The number of halogens is 1. The molecule has 2 aromatic rings. The van der Waals surface area contributed by atoms with E-state index in [4.69, 9.17) is 11.6 Å². The van der Waals surface area contributed by atoms with Gasteiger partial charge in [0.2, 0.25) is 5.91 Å². The second-order valence-corrected chi connectivity index (χ2v) is 6.75. The molecule has 0 aliphatic carbocycles. The second kappa shape index (κ2) is 8.86. The van der Waals surface area contributed by atoms with Gasteiger partial charge in [0.1, 0.15) is 0 Å². The van der Waals surface area contributed by atoms with Crippen LogP contribution in [-0.4, -0.2) is 18.2 Å². The van der Waals surface area contributed by atoms with Crippen LogP contribution in [0, 0.1) is 6.92 Å². The first-order chi connectivity index (χ1) is 10.6. The number of amides is 1. The Morgan fingerprint density at radius 3 is 2.68 bits per heavy atom. The molecule has 22 heavy (non-hydrogen) atoms. The molecular weight excluding hydrogens is 314 g/mol. The topological polar surface area (TPSA) is 29.1 Å². The molecule has 0 unspecified atom stereocenters. The van der Waals surface area contributed by atoms with Gasteiger partial charge in [-0.3, -0.25) is 4.79 Å². The standard InChI is InChI=1S/C18H20ClNOS/c1-14-5-7-17(8-6-14)22-12-10-18(21)20-11-9-15-3-2-4-16(19)13-15/h2-8,13H,9-12H2,1H3,(H,20,21). The average Bonchev–Trinajstić information content (AvgIpc) is 2.49. The van der Waals surface area contributed by atoms with E-state index in [1.807, 2.05) is 24.3 Å². The summed E-state index contributed by atoms with van der Waals surface area (Å²) in [6, 6.07) is 16.1. The minimum atomic E-state index is 0.0987. The first-order valence-corrected chi connectivity index (χ1v) is 8.70. The number of aryl methyl sites for hydroxylation is 1. The van der Waals surface area contributed by atoms with Gasteiger partial charge in [-0.1, -0.05) is 41.4 Å². The van der Waals surface area contributed by atoms with Crippen molar-refractivity contribution in [3.63, 3.8) is 0 Å². The summed E-state index contributed by atoms with van der Waals surface area (Å²) in [5, 5.41) is 3.69. The summed E-state index contributed by atoms with van der Waals surface area (Å²) in [5.41, 5.74) is 2.39. The van der Waals surface area contributed by atoms with Gasteiger partial charge < -0.3 is 5.32 Å². The zero-order valence-electron chi connectivity index (χ0n) is 12.6. The molecule has 116 valence electrons. The van der Waals surface area contributed by atoms with E-state index in [0.29, 0.717) is 13.0 Å². The van der Waals surface area contributed by atoms with E-state index in [2.05, 4.69) is 36.5 Å². The highest BCUT2D eigenvalue weighted by molar-refractivity contribution is 7.99. The maximum atomic E-state index is 11.8. The first kappa shape index (κ1) is 16.9. The third-order valence-corrected chi connectivity index (χ3v) is 4.49. The van der Waals surface area contributed by atoms with Crippen LogP contribution in [0.5, 0.6) is 0 Å². The Balaban J connectivity index is 1.62. The minimum absolute atomic E-state index is 0.0987. The largest absolute Gasteiger partial charge is 0.356 e. The fourth-order valence-electron chi connectivity index (χ4n) is 2.02. The Kier molecular flexibility index (Phi) is 6.81. The zero-order chi connectivity index (χ0) is 15.8. The lowest BCUT2D eigenvalue weighted by Gasteiger charge is -2.06. The van der Waals surface area contributed by atoms with Crippen LogP contribution >= 0.6 is 23.4 Å². The number of carbonyl (C=O) groups excluding carboxylic acids is 1. The van der Waals surface area contributed by atoms with E-state index in [1.54, 1.807) is 11.8 Å². The summed E-state index contributed by atoms with van der Waals surface area (Å²) in [5.74, 6) is 0.896. The number of nitrogens with one attached hydrogen (secondary N) is 1. The summed E-state index contributed by atoms with van der Waals surface area (Å²) >= 11 is 7.64. The van der Waals surface area contributed by atoms with Crippen molar-refractivity contribution in [3.8, 4) is 0 Å². The van der Waals surface area contributed by atoms with Crippen LogP contribution in [0.3, 0.4) is 0 Å². The Morgan fingerprint density at radius 2 is 1.95 bits per heavy atom. The fourth-order valence-corrected chi connectivity index (χ4v) is 3.09. The van der Waals surface area contributed by atoms with Crippen LogP contribution in [0.1, 0.15) is 17.5 Å². The molecule has 0 bridgehead atoms. The molecule has 2 rings (SSSR count). The van der Waals surface area contributed by atoms with Gasteiger partial charge >= 0.3 is 0 Å². The maximum absolute atomic E-state index is 11.8. The highest BCUT2D eigenvalue weighted by Gasteiger charge is 2.02. The monoisotopic (exact) mass is 333 g/mol. The second-order valence-electron chi connectivity index (χ2n) is 5.14. The third kappa shape index (κ3) is 6.12. The van der Waals surface area contributed by atoms with Crippen molar-refractivity contribution in [1.29, 1.82) is 0 Å². The third-order valence-electron chi connectivity index (χ3n) is 3.24. The molecule has 1 amide bonds. The Bertz CT molecular complexity index is 613. The number of rotatable bonds is 7. The van der Waals surface area contributed by atoms with Crippen molar-refractivity contribution in [2.75, 3.05) is 12.3 Å². The van der Waals surface area contributed by atoms with Gasteiger partial charge in [-0.2, -0.15) is 0 Å². The van der Waals surface area contributed by atoms with Gasteiger partial charge in [0.15, 0.2) is 0 Å². The number of benzene rings is 2. The quantitative estimate of drug-likeness (QED) is 0.756. The molecule has 0 aliphatic heterocycles.